The van der Waals surface area contributed by atoms with Gasteiger partial charge in [-0.3, -0.25) is 5.10 Å². The van der Waals surface area contributed by atoms with Crippen molar-refractivity contribution < 1.29 is 4.79 Å². The van der Waals surface area contributed by atoms with Gasteiger partial charge in [-0.05, 0) is 18.4 Å². The second kappa shape index (κ2) is 7.11. The van der Waals surface area contributed by atoms with Crippen LogP contribution in [0.15, 0.2) is 36.5 Å². The molecule has 0 saturated carbocycles. The molecule has 1 aromatic carbocycles. The van der Waals surface area contributed by atoms with E-state index in [0.29, 0.717) is 12.5 Å². The van der Waals surface area contributed by atoms with Crippen molar-refractivity contribution in [3.05, 3.63) is 42.1 Å². The van der Waals surface area contributed by atoms with Gasteiger partial charge in [-0.1, -0.05) is 44.2 Å². The number of benzene rings is 1. The summed E-state index contributed by atoms with van der Waals surface area (Å²) in [5, 5.41) is 10.1. The lowest BCUT2D eigenvalue weighted by molar-refractivity contribution is 0.200. The molecule has 1 aromatic heterocycles. The fourth-order valence-corrected chi connectivity index (χ4v) is 2.08. The molecule has 22 heavy (non-hydrogen) atoms. The van der Waals surface area contributed by atoms with E-state index in [1.54, 1.807) is 18.1 Å². The summed E-state index contributed by atoms with van der Waals surface area (Å²) in [5.74, 6) is 0.408. The number of urea groups is 1. The maximum atomic E-state index is 12.2. The van der Waals surface area contributed by atoms with Crippen LogP contribution in [0, 0.1) is 5.92 Å². The molecular formula is C17H24N4O. The van der Waals surface area contributed by atoms with Crippen LogP contribution in [0.3, 0.4) is 0 Å². The predicted octanol–water partition coefficient (Wildman–Crippen LogP) is 3.26. The number of hydrogen-bond acceptors (Lipinski definition) is 2. The number of amides is 2. The fourth-order valence-electron chi connectivity index (χ4n) is 2.08. The van der Waals surface area contributed by atoms with E-state index in [9.17, 15) is 4.79 Å². The largest absolute Gasteiger partial charge is 0.335 e. The molecule has 0 aliphatic carbocycles. The van der Waals surface area contributed by atoms with Crippen LogP contribution in [0.4, 0.5) is 4.79 Å². The van der Waals surface area contributed by atoms with Gasteiger partial charge in [0.2, 0.25) is 0 Å². The van der Waals surface area contributed by atoms with Gasteiger partial charge in [0.05, 0.1) is 18.4 Å². The highest BCUT2D eigenvalue weighted by Crippen LogP contribution is 2.21. The van der Waals surface area contributed by atoms with Crippen LogP contribution in [-0.2, 0) is 6.54 Å². The molecule has 5 heteroatoms. The number of rotatable bonds is 5. The number of carbonyl (C=O) groups excluding carboxylic acids is 1. The quantitative estimate of drug-likeness (QED) is 0.890. The van der Waals surface area contributed by atoms with E-state index >= 15 is 0 Å². The number of nitrogens with zero attached hydrogens (tertiary/aromatic N) is 2. The molecule has 0 unspecified atom stereocenters. The molecule has 1 heterocycles. The topological polar surface area (TPSA) is 61.0 Å². The molecular weight excluding hydrogens is 276 g/mol. The number of carbonyl (C=O) groups is 1. The van der Waals surface area contributed by atoms with Crippen LogP contribution in [-0.4, -0.2) is 34.2 Å². The summed E-state index contributed by atoms with van der Waals surface area (Å²) in [4.78, 5) is 13.9. The van der Waals surface area contributed by atoms with Gasteiger partial charge in [0.1, 0.15) is 0 Å². The van der Waals surface area contributed by atoms with E-state index in [1.807, 2.05) is 37.3 Å². The Morgan fingerprint density at radius 1 is 1.27 bits per heavy atom. The molecule has 0 fully saturated rings. The Bertz CT molecular complexity index is 606. The lowest BCUT2D eigenvalue weighted by Crippen LogP contribution is -2.43. The number of H-pyrrole nitrogens is 1. The van der Waals surface area contributed by atoms with Gasteiger partial charge in [-0.25, -0.2) is 4.79 Å². The normalized spacial score (nSPS) is 12.2. The monoisotopic (exact) mass is 300 g/mol. The maximum absolute atomic E-state index is 12.2. The van der Waals surface area contributed by atoms with Crippen molar-refractivity contribution in [1.29, 1.82) is 0 Å². The predicted molar refractivity (Wildman–Crippen MR) is 88.3 cm³/mol. The van der Waals surface area contributed by atoms with E-state index in [0.717, 1.165) is 16.8 Å². The van der Waals surface area contributed by atoms with Gasteiger partial charge in [-0.15, -0.1) is 0 Å². The lowest BCUT2D eigenvalue weighted by Gasteiger charge is -2.23. The summed E-state index contributed by atoms with van der Waals surface area (Å²) in [6.45, 7) is 6.71. The van der Waals surface area contributed by atoms with Gasteiger partial charge in [0, 0.05) is 18.7 Å². The number of aromatic amines is 1. The molecule has 118 valence electrons. The van der Waals surface area contributed by atoms with Crippen LogP contribution in [0.2, 0.25) is 0 Å². The molecule has 0 bridgehead atoms. The van der Waals surface area contributed by atoms with Gasteiger partial charge < -0.3 is 10.2 Å². The van der Waals surface area contributed by atoms with Gasteiger partial charge in [0.15, 0.2) is 0 Å². The number of aromatic nitrogens is 2. The third-order valence-corrected chi connectivity index (χ3v) is 3.89. The highest BCUT2D eigenvalue weighted by molar-refractivity contribution is 5.74. The zero-order chi connectivity index (χ0) is 16.1. The van der Waals surface area contributed by atoms with Crippen LogP contribution in [0.25, 0.3) is 11.3 Å². The Labute approximate surface area is 131 Å². The molecule has 0 spiro atoms. The van der Waals surface area contributed by atoms with Crippen molar-refractivity contribution in [1.82, 2.24) is 20.4 Å². The average molecular weight is 300 g/mol. The Balaban J connectivity index is 2.05. The minimum atomic E-state index is -0.0681. The average Bonchev–Trinajstić information content (AvgIpc) is 2.96. The van der Waals surface area contributed by atoms with Crippen LogP contribution in [0.1, 0.15) is 26.3 Å². The van der Waals surface area contributed by atoms with Crippen molar-refractivity contribution in [3.8, 4) is 11.3 Å². The molecule has 5 nitrogen and oxygen atoms in total. The van der Waals surface area contributed by atoms with Crippen molar-refractivity contribution in [2.24, 2.45) is 5.92 Å². The molecule has 2 aromatic rings. The SMILES string of the molecule is CC(C)[C@@H](C)NC(=O)N(C)Cc1cn[nH]c1-c1ccccc1. The standard InChI is InChI=1S/C17H24N4O/c1-12(2)13(3)19-17(22)21(4)11-15-10-18-20-16(15)14-8-6-5-7-9-14/h5-10,12-13H,11H2,1-4H3,(H,18,20)(H,19,22)/t13-/m1/s1. The van der Waals surface area contributed by atoms with Crippen molar-refractivity contribution >= 4 is 6.03 Å². The van der Waals surface area contributed by atoms with Crippen molar-refractivity contribution in [3.63, 3.8) is 0 Å². The van der Waals surface area contributed by atoms with E-state index in [2.05, 4.69) is 29.4 Å². The molecule has 1 atom stereocenters. The second-order valence-corrected chi connectivity index (χ2v) is 5.97. The smallest absolute Gasteiger partial charge is 0.317 e. The first-order valence-corrected chi connectivity index (χ1v) is 7.58. The van der Waals surface area contributed by atoms with Crippen LogP contribution in [0.5, 0.6) is 0 Å². The van der Waals surface area contributed by atoms with Crippen molar-refractivity contribution in [2.45, 2.75) is 33.4 Å². The van der Waals surface area contributed by atoms with Gasteiger partial charge in [-0.2, -0.15) is 5.10 Å². The zero-order valence-electron chi connectivity index (χ0n) is 13.6. The molecule has 0 radical (unpaired) electrons. The Kier molecular flexibility index (Phi) is 5.20. The summed E-state index contributed by atoms with van der Waals surface area (Å²) in [6.07, 6.45) is 1.78. The Morgan fingerprint density at radius 3 is 2.59 bits per heavy atom. The summed E-state index contributed by atoms with van der Waals surface area (Å²) in [5.41, 5.74) is 3.03. The lowest BCUT2D eigenvalue weighted by atomic mass is 10.1. The first-order valence-electron chi connectivity index (χ1n) is 7.58. The Hall–Kier alpha value is -2.30. The molecule has 0 aliphatic rings. The van der Waals surface area contributed by atoms with E-state index in [4.69, 9.17) is 0 Å². The Morgan fingerprint density at radius 2 is 1.95 bits per heavy atom. The summed E-state index contributed by atoms with van der Waals surface area (Å²) < 4.78 is 0. The minimum Gasteiger partial charge on any atom is -0.335 e. The molecule has 2 rings (SSSR count). The summed E-state index contributed by atoms with van der Waals surface area (Å²) >= 11 is 0. The van der Waals surface area contributed by atoms with Crippen LogP contribution < -0.4 is 5.32 Å². The van der Waals surface area contributed by atoms with E-state index in [-0.39, 0.29) is 12.1 Å². The van der Waals surface area contributed by atoms with Gasteiger partial charge in [0.25, 0.3) is 0 Å². The van der Waals surface area contributed by atoms with Gasteiger partial charge >= 0.3 is 6.03 Å². The third-order valence-electron chi connectivity index (χ3n) is 3.89. The highest BCUT2D eigenvalue weighted by Gasteiger charge is 2.16. The first-order chi connectivity index (χ1) is 10.5. The van der Waals surface area contributed by atoms with E-state index < -0.39 is 0 Å². The molecule has 2 amide bonds. The zero-order valence-corrected chi connectivity index (χ0v) is 13.6. The van der Waals surface area contributed by atoms with Crippen LogP contribution >= 0.6 is 0 Å². The minimum absolute atomic E-state index is 0.0681. The highest BCUT2D eigenvalue weighted by atomic mass is 16.2. The summed E-state index contributed by atoms with van der Waals surface area (Å²) in [7, 11) is 1.80. The maximum Gasteiger partial charge on any atom is 0.317 e. The number of nitrogens with one attached hydrogen (secondary N) is 2. The molecule has 0 saturated heterocycles. The van der Waals surface area contributed by atoms with E-state index in [1.165, 1.54) is 0 Å². The fraction of sp³-hybridized carbons (Fsp3) is 0.412. The number of hydrogen-bond donors (Lipinski definition) is 2. The second-order valence-electron chi connectivity index (χ2n) is 5.97. The molecule has 0 aliphatic heterocycles. The van der Waals surface area contributed by atoms with Crippen molar-refractivity contribution in [2.75, 3.05) is 7.05 Å². The third kappa shape index (κ3) is 3.87. The molecule has 2 N–H and O–H groups in total. The first kappa shape index (κ1) is 16.1. The summed E-state index contributed by atoms with van der Waals surface area (Å²) in [6, 6.07) is 10.1.